The average Bonchev–Trinajstić information content (AvgIpc) is 2.73. The molecule has 1 aliphatic carbocycles. The Morgan fingerprint density at radius 2 is 1.88 bits per heavy atom. The van der Waals surface area contributed by atoms with E-state index in [9.17, 15) is 4.39 Å². The summed E-state index contributed by atoms with van der Waals surface area (Å²) in [5.74, 6) is -0.199. The van der Waals surface area contributed by atoms with Crippen molar-refractivity contribution in [3.05, 3.63) is 99.6 Å². The fourth-order valence-corrected chi connectivity index (χ4v) is 3.43. The average molecular weight is 336 g/mol. The molecule has 3 aromatic rings. The van der Waals surface area contributed by atoms with Crippen molar-refractivity contribution in [2.24, 2.45) is 0 Å². The summed E-state index contributed by atoms with van der Waals surface area (Å²) in [5, 5.41) is 0.698. The van der Waals surface area contributed by atoms with Gasteiger partial charge in [0.25, 0.3) is 0 Å². The van der Waals surface area contributed by atoms with Crippen molar-refractivity contribution in [1.82, 2.24) is 4.98 Å². The van der Waals surface area contributed by atoms with E-state index in [1.807, 2.05) is 42.6 Å². The Morgan fingerprint density at radius 3 is 2.75 bits per heavy atom. The molecule has 4 rings (SSSR count). The van der Waals surface area contributed by atoms with Gasteiger partial charge in [0, 0.05) is 22.5 Å². The van der Waals surface area contributed by atoms with E-state index in [0.29, 0.717) is 5.02 Å². The van der Waals surface area contributed by atoms with Crippen LogP contribution in [0.5, 0.6) is 0 Å². The highest BCUT2D eigenvalue weighted by Crippen LogP contribution is 2.34. The maximum absolute atomic E-state index is 13.7. The molecule has 24 heavy (non-hydrogen) atoms. The second-order valence-corrected chi connectivity index (χ2v) is 6.35. The summed E-state index contributed by atoms with van der Waals surface area (Å²) in [5.41, 5.74) is 6.30. The smallest absolute Gasteiger partial charge is 0.123 e. The summed E-state index contributed by atoms with van der Waals surface area (Å²) in [4.78, 5) is 4.53. The molecule has 0 amide bonds. The molecule has 2 aromatic carbocycles. The molecule has 0 atom stereocenters. The minimum Gasteiger partial charge on any atom is -0.261 e. The van der Waals surface area contributed by atoms with Gasteiger partial charge in [-0.25, -0.2) is 4.39 Å². The summed E-state index contributed by atoms with van der Waals surface area (Å²) in [6.07, 6.45) is 5.50. The molecule has 118 valence electrons. The van der Waals surface area contributed by atoms with Gasteiger partial charge in [-0.15, -0.1) is 0 Å². The Balaban J connectivity index is 1.97. The number of nitrogens with zero attached hydrogens (tertiary/aromatic N) is 1. The molecule has 1 heterocycles. The predicted molar refractivity (Wildman–Crippen MR) is 96.5 cm³/mol. The molecule has 0 aliphatic heterocycles. The lowest BCUT2D eigenvalue weighted by atomic mass is 9.93. The first-order valence-corrected chi connectivity index (χ1v) is 8.29. The monoisotopic (exact) mass is 335 g/mol. The lowest BCUT2D eigenvalue weighted by Gasteiger charge is -2.12. The molecule has 0 bridgehead atoms. The Bertz CT molecular complexity index is 946. The lowest BCUT2D eigenvalue weighted by molar-refractivity contribution is 0.625. The quantitative estimate of drug-likeness (QED) is 0.567. The highest BCUT2D eigenvalue weighted by Gasteiger charge is 2.19. The number of fused-ring (bicyclic) bond motifs is 2. The fraction of sp³-hybridized carbons (Fsp3) is 0.0952. The number of aryl methyl sites for hydroxylation is 2. The van der Waals surface area contributed by atoms with E-state index in [4.69, 9.17) is 11.6 Å². The van der Waals surface area contributed by atoms with Crippen molar-refractivity contribution in [2.75, 3.05) is 0 Å². The number of halogens is 2. The Morgan fingerprint density at radius 1 is 0.958 bits per heavy atom. The van der Waals surface area contributed by atoms with Crippen LogP contribution in [0.4, 0.5) is 4.39 Å². The summed E-state index contributed by atoms with van der Waals surface area (Å²) in [6, 6.07) is 16.8. The van der Waals surface area contributed by atoms with E-state index >= 15 is 0 Å². The number of pyridine rings is 1. The maximum Gasteiger partial charge on any atom is 0.123 e. The minimum absolute atomic E-state index is 0.199. The van der Waals surface area contributed by atoms with Crippen molar-refractivity contribution in [2.45, 2.75) is 12.8 Å². The van der Waals surface area contributed by atoms with Crippen molar-refractivity contribution >= 4 is 23.3 Å². The van der Waals surface area contributed by atoms with Gasteiger partial charge in [0.2, 0.25) is 0 Å². The van der Waals surface area contributed by atoms with Crippen LogP contribution in [0.1, 0.15) is 27.9 Å². The van der Waals surface area contributed by atoms with Crippen molar-refractivity contribution in [3.8, 4) is 0 Å². The molecular weight excluding hydrogens is 321 g/mol. The molecule has 3 heteroatoms. The third kappa shape index (κ3) is 2.85. The zero-order valence-corrected chi connectivity index (χ0v) is 13.7. The van der Waals surface area contributed by atoms with Crippen LogP contribution in [0, 0.1) is 5.82 Å². The number of hydrogen-bond acceptors (Lipinski definition) is 1. The van der Waals surface area contributed by atoms with Gasteiger partial charge >= 0.3 is 0 Å². The number of hydrogen-bond donors (Lipinski definition) is 0. The van der Waals surface area contributed by atoms with Gasteiger partial charge in [0.1, 0.15) is 5.82 Å². The van der Waals surface area contributed by atoms with Crippen LogP contribution in [0.3, 0.4) is 0 Å². The predicted octanol–water partition coefficient (Wildman–Crippen LogP) is 5.56. The van der Waals surface area contributed by atoms with Gasteiger partial charge in [-0.3, -0.25) is 4.98 Å². The third-order valence-corrected chi connectivity index (χ3v) is 4.56. The van der Waals surface area contributed by atoms with Crippen molar-refractivity contribution in [1.29, 1.82) is 0 Å². The standard InChI is InChI=1S/C21H15ClFN/c22-16-4-1-3-14(11-16)12-20-18-8-7-17(23)13-15(18)6-9-21-19(20)5-2-10-24-21/h1-5,7-8,10-13H,6,9H2. The van der Waals surface area contributed by atoms with E-state index < -0.39 is 0 Å². The van der Waals surface area contributed by atoms with Crippen LogP contribution >= 0.6 is 11.6 Å². The normalized spacial score (nSPS) is 14.8. The molecule has 1 aliphatic rings. The lowest BCUT2D eigenvalue weighted by Crippen LogP contribution is -1.95. The van der Waals surface area contributed by atoms with Gasteiger partial charge in [-0.2, -0.15) is 0 Å². The van der Waals surface area contributed by atoms with Gasteiger partial charge in [-0.1, -0.05) is 35.9 Å². The van der Waals surface area contributed by atoms with E-state index in [-0.39, 0.29) is 5.82 Å². The van der Waals surface area contributed by atoms with Gasteiger partial charge in [0.15, 0.2) is 0 Å². The molecule has 0 saturated carbocycles. The summed E-state index contributed by atoms with van der Waals surface area (Å²) in [6.45, 7) is 0. The first kappa shape index (κ1) is 15.1. The molecule has 0 radical (unpaired) electrons. The summed E-state index contributed by atoms with van der Waals surface area (Å²) >= 11 is 6.12. The van der Waals surface area contributed by atoms with E-state index in [0.717, 1.165) is 46.4 Å². The van der Waals surface area contributed by atoms with Crippen LogP contribution in [-0.4, -0.2) is 4.98 Å². The van der Waals surface area contributed by atoms with E-state index in [1.54, 1.807) is 6.07 Å². The Kier molecular flexibility index (Phi) is 3.91. The van der Waals surface area contributed by atoms with Crippen LogP contribution in [-0.2, 0) is 12.8 Å². The SMILES string of the molecule is Fc1ccc2c(c1)CCc1ncccc1C2=Cc1cccc(Cl)c1. The van der Waals surface area contributed by atoms with Crippen LogP contribution < -0.4 is 0 Å². The van der Waals surface area contributed by atoms with E-state index in [2.05, 4.69) is 17.1 Å². The summed E-state index contributed by atoms with van der Waals surface area (Å²) < 4.78 is 13.7. The first-order valence-electron chi connectivity index (χ1n) is 7.91. The van der Waals surface area contributed by atoms with Crippen LogP contribution in [0.2, 0.25) is 5.02 Å². The second kappa shape index (κ2) is 6.21. The molecule has 0 saturated heterocycles. The molecule has 0 fully saturated rings. The second-order valence-electron chi connectivity index (χ2n) is 5.91. The molecule has 1 nitrogen and oxygen atoms in total. The molecular formula is C21H15ClFN. The fourth-order valence-electron chi connectivity index (χ4n) is 3.23. The maximum atomic E-state index is 13.7. The molecule has 0 unspecified atom stereocenters. The largest absolute Gasteiger partial charge is 0.261 e. The first-order chi connectivity index (χ1) is 11.7. The molecule has 1 aromatic heterocycles. The molecule has 0 spiro atoms. The zero-order valence-electron chi connectivity index (χ0n) is 13.0. The Labute approximate surface area is 145 Å². The Hall–Kier alpha value is -2.45. The van der Waals surface area contributed by atoms with E-state index in [1.165, 1.54) is 6.07 Å². The highest BCUT2D eigenvalue weighted by molar-refractivity contribution is 6.30. The number of rotatable bonds is 1. The topological polar surface area (TPSA) is 12.9 Å². The van der Waals surface area contributed by atoms with Crippen LogP contribution in [0.25, 0.3) is 11.6 Å². The highest BCUT2D eigenvalue weighted by atomic mass is 35.5. The number of benzene rings is 2. The van der Waals surface area contributed by atoms with Crippen molar-refractivity contribution in [3.63, 3.8) is 0 Å². The van der Waals surface area contributed by atoms with Gasteiger partial charge < -0.3 is 0 Å². The minimum atomic E-state index is -0.199. The van der Waals surface area contributed by atoms with Gasteiger partial charge in [0.05, 0.1) is 0 Å². The number of aromatic nitrogens is 1. The zero-order chi connectivity index (χ0) is 16.5. The van der Waals surface area contributed by atoms with Gasteiger partial charge in [-0.05, 0) is 71.5 Å². The summed E-state index contributed by atoms with van der Waals surface area (Å²) in [7, 11) is 0. The van der Waals surface area contributed by atoms with Crippen LogP contribution in [0.15, 0.2) is 60.8 Å². The third-order valence-electron chi connectivity index (χ3n) is 4.33. The molecule has 0 N–H and O–H groups in total. The van der Waals surface area contributed by atoms with Crippen molar-refractivity contribution < 1.29 is 4.39 Å².